The lowest BCUT2D eigenvalue weighted by molar-refractivity contribution is 0.454. The summed E-state index contributed by atoms with van der Waals surface area (Å²) < 4.78 is 0. The van der Waals surface area contributed by atoms with Crippen LogP contribution in [0.25, 0.3) is 10.9 Å². The summed E-state index contributed by atoms with van der Waals surface area (Å²) in [7, 11) is 0. The minimum atomic E-state index is 0.535. The third kappa shape index (κ3) is 3.08. The molecule has 2 heterocycles. The first-order valence-electron chi connectivity index (χ1n) is 8.34. The van der Waals surface area contributed by atoms with Crippen molar-refractivity contribution in [1.29, 1.82) is 0 Å². The quantitative estimate of drug-likeness (QED) is 0.779. The third-order valence-corrected chi connectivity index (χ3v) is 4.71. The van der Waals surface area contributed by atoms with E-state index in [0.717, 1.165) is 31.6 Å². The number of piperazine rings is 1. The van der Waals surface area contributed by atoms with Crippen LogP contribution in [0.5, 0.6) is 0 Å². The first-order valence-corrected chi connectivity index (χ1v) is 8.34. The van der Waals surface area contributed by atoms with E-state index in [1.807, 2.05) is 6.20 Å². The highest BCUT2D eigenvalue weighted by atomic mass is 15.2. The number of H-pyrrole nitrogens is 1. The Morgan fingerprint density at radius 2 is 2.04 bits per heavy atom. The van der Waals surface area contributed by atoms with Crippen LogP contribution in [0.15, 0.2) is 54.7 Å². The lowest BCUT2D eigenvalue weighted by Gasteiger charge is -2.38. The van der Waals surface area contributed by atoms with Gasteiger partial charge in [0.05, 0.1) is 11.7 Å². The molecule has 2 N–H and O–H groups in total. The summed E-state index contributed by atoms with van der Waals surface area (Å²) in [6.45, 7) is 3.16. The topological polar surface area (TPSA) is 44.0 Å². The molecule has 4 rings (SSSR count). The number of anilines is 1. The zero-order chi connectivity index (χ0) is 15.5. The van der Waals surface area contributed by atoms with Gasteiger partial charge in [-0.2, -0.15) is 5.10 Å². The minimum Gasteiger partial charge on any atom is -0.366 e. The molecule has 2 aromatic carbocycles. The molecular formula is C19H22N4. The van der Waals surface area contributed by atoms with Gasteiger partial charge in [-0.15, -0.1) is 0 Å². The molecule has 1 aliphatic rings. The van der Waals surface area contributed by atoms with E-state index in [1.54, 1.807) is 0 Å². The molecule has 23 heavy (non-hydrogen) atoms. The van der Waals surface area contributed by atoms with E-state index in [2.05, 4.69) is 68.9 Å². The Hall–Kier alpha value is -2.33. The van der Waals surface area contributed by atoms with Gasteiger partial charge in [0, 0.05) is 36.7 Å². The van der Waals surface area contributed by atoms with E-state index in [9.17, 15) is 0 Å². The standard InChI is InChI=1S/C19H22N4/c1-2-4-15(5-3-1)6-7-18-14-20-10-11-23(18)17-8-9-19-16(12-17)13-21-22-19/h1-5,8-9,12-13,18,20H,6-7,10-11,14H2,(H,21,22)/t18-/m0/s1. The molecule has 3 aromatic rings. The summed E-state index contributed by atoms with van der Waals surface area (Å²) in [5.41, 5.74) is 3.83. The van der Waals surface area contributed by atoms with E-state index < -0.39 is 0 Å². The fraction of sp³-hybridized carbons (Fsp3) is 0.316. The Bertz CT molecular complexity index is 765. The zero-order valence-corrected chi connectivity index (χ0v) is 13.2. The number of rotatable bonds is 4. The molecule has 4 heteroatoms. The molecule has 1 aliphatic heterocycles. The van der Waals surface area contributed by atoms with Crippen LogP contribution in [-0.2, 0) is 6.42 Å². The molecule has 1 atom stereocenters. The molecule has 0 unspecified atom stereocenters. The maximum absolute atomic E-state index is 4.13. The van der Waals surface area contributed by atoms with Gasteiger partial charge in [0.1, 0.15) is 0 Å². The number of benzene rings is 2. The smallest absolute Gasteiger partial charge is 0.0651 e. The lowest BCUT2D eigenvalue weighted by Crippen LogP contribution is -2.51. The van der Waals surface area contributed by atoms with Crippen molar-refractivity contribution >= 4 is 16.6 Å². The average Bonchev–Trinajstić information content (AvgIpc) is 3.09. The van der Waals surface area contributed by atoms with Gasteiger partial charge in [-0.05, 0) is 36.6 Å². The first-order chi connectivity index (χ1) is 11.4. The molecule has 0 bridgehead atoms. The van der Waals surface area contributed by atoms with Crippen molar-refractivity contribution in [1.82, 2.24) is 15.5 Å². The number of hydrogen-bond acceptors (Lipinski definition) is 3. The van der Waals surface area contributed by atoms with Crippen LogP contribution in [-0.4, -0.2) is 35.9 Å². The van der Waals surface area contributed by atoms with Crippen molar-refractivity contribution in [3.05, 3.63) is 60.3 Å². The fourth-order valence-corrected chi connectivity index (χ4v) is 3.45. The maximum Gasteiger partial charge on any atom is 0.0651 e. The van der Waals surface area contributed by atoms with Crippen molar-refractivity contribution in [3.8, 4) is 0 Å². The molecule has 0 aliphatic carbocycles. The first kappa shape index (κ1) is 14.3. The molecule has 0 spiro atoms. The fourth-order valence-electron chi connectivity index (χ4n) is 3.45. The number of fused-ring (bicyclic) bond motifs is 1. The SMILES string of the molecule is c1ccc(CC[C@H]2CNCCN2c2ccc3[nH]ncc3c2)cc1. The molecule has 0 amide bonds. The summed E-state index contributed by atoms with van der Waals surface area (Å²) in [5, 5.41) is 11.9. The monoisotopic (exact) mass is 306 g/mol. The molecular weight excluding hydrogens is 284 g/mol. The van der Waals surface area contributed by atoms with Crippen LogP contribution < -0.4 is 10.2 Å². The largest absolute Gasteiger partial charge is 0.366 e. The minimum absolute atomic E-state index is 0.535. The van der Waals surface area contributed by atoms with Gasteiger partial charge in [0.2, 0.25) is 0 Å². The van der Waals surface area contributed by atoms with Crippen LogP contribution in [0, 0.1) is 0 Å². The number of aryl methyl sites for hydroxylation is 1. The third-order valence-electron chi connectivity index (χ3n) is 4.71. The Morgan fingerprint density at radius 1 is 1.13 bits per heavy atom. The van der Waals surface area contributed by atoms with Crippen molar-refractivity contribution < 1.29 is 0 Å². The summed E-state index contributed by atoms with van der Waals surface area (Å²) in [4.78, 5) is 2.55. The zero-order valence-electron chi connectivity index (χ0n) is 13.2. The molecule has 0 radical (unpaired) electrons. The maximum atomic E-state index is 4.13. The lowest BCUT2D eigenvalue weighted by atomic mass is 10.0. The number of hydrogen-bond donors (Lipinski definition) is 2. The van der Waals surface area contributed by atoms with Crippen LogP contribution in [0.2, 0.25) is 0 Å². The van der Waals surface area contributed by atoms with Crippen molar-refractivity contribution in [3.63, 3.8) is 0 Å². The van der Waals surface area contributed by atoms with Gasteiger partial charge < -0.3 is 10.2 Å². The molecule has 0 saturated carbocycles. The highest BCUT2D eigenvalue weighted by Crippen LogP contribution is 2.24. The Balaban J connectivity index is 1.52. The summed E-state index contributed by atoms with van der Waals surface area (Å²) in [6.07, 6.45) is 4.19. The second-order valence-corrected chi connectivity index (χ2v) is 6.22. The highest BCUT2D eigenvalue weighted by Gasteiger charge is 2.22. The second kappa shape index (κ2) is 6.42. The predicted molar refractivity (Wildman–Crippen MR) is 94.9 cm³/mol. The Labute approximate surface area is 136 Å². The van der Waals surface area contributed by atoms with Crippen molar-refractivity contribution in [2.24, 2.45) is 0 Å². The average molecular weight is 306 g/mol. The number of nitrogens with zero attached hydrogens (tertiary/aromatic N) is 2. The molecule has 1 fully saturated rings. The van der Waals surface area contributed by atoms with E-state index in [-0.39, 0.29) is 0 Å². The van der Waals surface area contributed by atoms with Crippen LogP contribution >= 0.6 is 0 Å². The van der Waals surface area contributed by atoms with Crippen LogP contribution in [0.4, 0.5) is 5.69 Å². The van der Waals surface area contributed by atoms with Crippen LogP contribution in [0.1, 0.15) is 12.0 Å². The summed E-state index contributed by atoms with van der Waals surface area (Å²) in [5.74, 6) is 0. The number of aromatic amines is 1. The van der Waals surface area contributed by atoms with E-state index in [0.29, 0.717) is 6.04 Å². The number of nitrogens with one attached hydrogen (secondary N) is 2. The Morgan fingerprint density at radius 3 is 2.96 bits per heavy atom. The van der Waals surface area contributed by atoms with E-state index >= 15 is 0 Å². The molecule has 118 valence electrons. The van der Waals surface area contributed by atoms with Gasteiger partial charge in [0.15, 0.2) is 0 Å². The van der Waals surface area contributed by atoms with E-state index in [4.69, 9.17) is 0 Å². The van der Waals surface area contributed by atoms with Crippen molar-refractivity contribution in [2.75, 3.05) is 24.5 Å². The summed E-state index contributed by atoms with van der Waals surface area (Å²) >= 11 is 0. The molecule has 1 saturated heterocycles. The summed E-state index contributed by atoms with van der Waals surface area (Å²) in [6, 6.07) is 17.9. The number of aromatic nitrogens is 2. The Kier molecular flexibility index (Phi) is 3.99. The molecule has 1 aromatic heterocycles. The molecule has 4 nitrogen and oxygen atoms in total. The van der Waals surface area contributed by atoms with Gasteiger partial charge in [-0.3, -0.25) is 5.10 Å². The highest BCUT2D eigenvalue weighted by molar-refractivity contribution is 5.82. The normalized spacial score (nSPS) is 18.4. The second-order valence-electron chi connectivity index (χ2n) is 6.22. The van der Waals surface area contributed by atoms with Crippen molar-refractivity contribution in [2.45, 2.75) is 18.9 Å². The predicted octanol–water partition coefficient (Wildman–Crippen LogP) is 2.97. The van der Waals surface area contributed by atoms with Gasteiger partial charge in [-0.25, -0.2) is 0 Å². The van der Waals surface area contributed by atoms with Crippen LogP contribution in [0.3, 0.4) is 0 Å². The van der Waals surface area contributed by atoms with Gasteiger partial charge in [0.25, 0.3) is 0 Å². The van der Waals surface area contributed by atoms with E-state index in [1.165, 1.54) is 23.1 Å². The van der Waals surface area contributed by atoms with Gasteiger partial charge in [-0.1, -0.05) is 30.3 Å². The van der Waals surface area contributed by atoms with Gasteiger partial charge >= 0.3 is 0 Å².